The smallest absolute Gasteiger partial charge is 0.145 e. The standard InChI is InChI=1S/C41H34N2O/c1-25(2)32-22-31(27-12-6-5-7-13-27)23-33(26(3)4)40(32)43-37-17-11-10-16-36(37)42-41(43)30-18-19-38-34(21-30)35-20-28-14-8-9-15-29(28)24-39(35)44-38/h5-26H,1-4H3. The molecule has 0 N–H and O–H groups in total. The summed E-state index contributed by atoms with van der Waals surface area (Å²) in [5, 5.41) is 4.63. The summed E-state index contributed by atoms with van der Waals surface area (Å²) < 4.78 is 8.76. The van der Waals surface area contributed by atoms with Gasteiger partial charge in [-0.05, 0) is 99.5 Å². The molecule has 44 heavy (non-hydrogen) atoms. The Bertz CT molecular complexity index is 2310. The maximum absolute atomic E-state index is 6.35. The molecule has 3 nitrogen and oxygen atoms in total. The number of nitrogens with zero attached hydrogens (tertiary/aromatic N) is 2. The summed E-state index contributed by atoms with van der Waals surface area (Å²) in [5.74, 6) is 1.57. The highest BCUT2D eigenvalue weighted by molar-refractivity contribution is 6.11. The zero-order valence-electron chi connectivity index (χ0n) is 25.5. The van der Waals surface area contributed by atoms with E-state index in [0.29, 0.717) is 11.8 Å². The van der Waals surface area contributed by atoms with Crippen LogP contribution < -0.4 is 0 Å². The fraction of sp³-hybridized carbons (Fsp3) is 0.146. The Morgan fingerprint density at radius 3 is 1.91 bits per heavy atom. The van der Waals surface area contributed by atoms with Crippen molar-refractivity contribution in [2.45, 2.75) is 39.5 Å². The van der Waals surface area contributed by atoms with Crippen molar-refractivity contribution in [3.63, 3.8) is 0 Å². The highest BCUT2D eigenvalue weighted by Gasteiger charge is 2.24. The first-order valence-corrected chi connectivity index (χ1v) is 15.5. The van der Waals surface area contributed by atoms with Gasteiger partial charge in [0.2, 0.25) is 0 Å². The lowest BCUT2D eigenvalue weighted by Gasteiger charge is -2.24. The van der Waals surface area contributed by atoms with Gasteiger partial charge in [-0.25, -0.2) is 4.98 Å². The van der Waals surface area contributed by atoms with Crippen LogP contribution in [0.5, 0.6) is 0 Å². The largest absolute Gasteiger partial charge is 0.456 e. The number of fused-ring (bicyclic) bond motifs is 5. The quantitative estimate of drug-likeness (QED) is 0.206. The lowest BCUT2D eigenvalue weighted by Crippen LogP contribution is -2.09. The van der Waals surface area contributed by atoms with Gasteiger partial charge in [-0.2, -0.15) is 0 Å². The van der Waals surface area contributed by atoms with Crippen LogP contribution in [0.3, 0.4) is 0 Å². The predicted octanol–water partition coefficient (Wildman–Crippen LogP) is 11.7. The Balaban J connectivity index is 1.42. The Labute approximate surface area is 257 Å². The fourth-order valence-electron chi connectivity index (χ4n) is 6.66. The highest BCUT2D eigenvalue weighted by Crippen LogP contribution is 2.41. The SMILES string of the molecule is CC(C)c1cc(-c2ccccc2)cc(C(C)C)c1-n1c(-c2ccc3oc4cc5ccccc5cc4c3c2)nc2ccccc21. The molecular weight excluding hydrogens is 536 g/mol. The first-order valence-electron chi connectivity index (χ1n) is 15.5. The zero-order valence-corrected chi connectivity index (χ0v) is 25.5. The van der Waals surface area contributed by atoms with Crippen LogP contribution in [0, 0.1) is 0 Å². The third-order valence-electron chi connectivity index (χ3n) is 8.90. The Morgan fingerprint density at radius 2 is 1.18 bits per heavy atom. The van der Waals surface area contributed by atoms with Crippen LogP contribution in [0.4, 0.5) is 0 Å². The van der Waals surface area contributed by atoms with Gasteiger partial charge in [0.25, 0.3) is 0 Å². The molecule has 0 aliphatic heterocycles. The van der Waals surface area contributed by atoms with E-state index in [-0.39, 0.29) is 0 Å². The summed E-state index contributed by atoms with van der Waals surface area (Å²) in [7, 11) is 0. The number of para-hydroxylation sites is 2. The third-order valence-corrected chi connectivity index (χ3v) is 8.90. The fourth-order valence-corrected chi connectivity index (χ4v) is 6.66. The van der Waals surface area contributed by atoms with E-state index in [1.54, 1.807) is 0 Å². The second-order valence-corrected chi connectivity index (χ2v) is 12.4. The van der Waals surface area contributed by atoms with Crippen molar-refractivity contribution in [2.75, 3.05) is 0 Å². The van der Waals surface area contributed by atoms with Gasteiger partial charge in [0.05, 0.1) is 16.7 Å². The molecule has 0 spiro atoms. The highest BCUT2D eigenvalue weighted by atomic mass is 16.3. The van der Waals surface area contributed by atoms with Gasteiger partial charge in [0, 0.05) is 16.3 Å². The van der Waals surface area contributed by atoms with Gasteiger partial charge in [0.15, 0.2) is 0 Å². The van der Waals surface area contributed by atoms with Gasteiger partial charge < -0.3 is 4.42 Å². The van der Waals surface area contributed by atoms with Crippen LogP contribution in [0.15, 0.2) is 126 Å². The molecule has 0 fully saturated rings. The summed E-state index contributed by atoms with van der Waals surface area (Å²) in [6.07, 6.45) is 0. The molecule has 214 valence electrons. The molecule has 0 aliphatic carbocycles. The Kier molecular flexibility index (Phi) is 6.16. The van der Waals surface area contributed by atoms with Crippen LogP contribution in [0.1, 0.15) is 50.7 Å². The molecule has 6 aromatic carbocycles. The van der Waals surface area contributed by atoms with Crippen molar-refractivity contribution >= 4 is 43.7 Å². The van der Waals surface area contributed by atoms with Crippen LogP contribution >= 0.6 is 0 Å². The van der Waals surface area contributed by atoms with E-state index in [1.807, 2.05) is 0 Å². The molecule has 8 aromatic rings. The monoisotopic (exact) mass is 570 g/mol. The second-order valence-electron chi connectivity index (χ2n) is 12.4. The van der Waals surface area contributed by atoms with Gasteiger partial charge in [-0.3, -0.25) is 4.57 Å². The minimum absolute atomic E-state index is 0.314. The van der Waals surface area contributed by atoms with Crippen molar-refractivity contribution in [1.82, 2.24) is 9.55 Å². The molecule has 2 heterocycles. The van der Waals surface area contributed by atoms with Crippen LogP contribution in [-0.4, -0.2) is 9.55 Å². The van der Waals surface area contributed by atoms with E-state index >= 15 is 0 Å². The number of benzene rings is 6. The molecular formula is C41H34N2O. The average molecular weight is 571 g/mol. The average Bonchev–Trinajstić information content (AvgIpc) is 3.61. The number of imidazole rings is 1. The summed E-state index contributed by atoms with van der Waals surface area (Å²) in [6.45, 7) is 9.18. The molecule has 0 amide bonds. The number of aromatic nitrogens is 2. The lowest BCUT2D eigenvalue weighted by atomic mass is 9.88. The first-order chi connectivity index (χ1) is 21.5. The molecule has 2 aromatic heterocycles. The molecule has 0 saturated carbocycles. The van der Waals surface area contributed by atoms with Gasteiger partial charge in [-0.15, -0.1) is 0 Å². The summed E-state index contributed by atoms with van der Waals surface area (Å²) in [4.78, 5) is 5.29. The normalized spacial score (nSPS) is 12.0. The molecule has 0 radical (unpaired) electrons. The molecule has 0 unspecified atom stereocenters. The van der Waals surface area contributed by atoms with Gasteiger partial charge in [-0.1, -0.05) is 94.4 Å². The predicted molar refractivity (Wildman–Crippen MR) is 185 cm³/mol. The van der Waals surface area contributed by atoms with E-state index in [1.165, 1.54) is 38.7 Å². The lowest BCUT2D eigenvalue weighted by molar-refractivity contribution is 0.669. The number of furan rings is 1. The molecule has 0 bridgehead atoms. The minimum Gasteiger partial charge on any atom is -0.456 e. The summed E-state index contributed by atoms with van der Waals surface area (Å²) >= 11 is 0. The third kappa shape index (κ3) is 4.23. The van der Waals surface area contributed by atoms with Crippen LogP contribution in [0.2, 0.25) is 0 Å². The Morgan fingerprint density at radius 1 is 0.545 bits per heavy atom. The number of rotatable bonds is 5. The van der Waals surface area contributed by atoms with Crippen molar-refractivity contribution in [1.29, 1.82) is 0 Å². The van der Waals surface area contributed by atoms with Gasteiger partial charge >= 0.3 is 0 Å². The van der Waals surface area contributed by atoms with Crippen molar-refractivity contribution in [2.24, 2.45) is 0 Å². The van der Waals surface area contributed by atoms with E-state index in [9.17, 15) is 0 Å². The molecule has 0 aliphatic rings. The second kappa shape index (κ2) is 10.2. The zero-order chi connectivity index (χ0) is 29.9. The van der Waals surface area contributed by atoms with Crippen LogP contribution in [0.25, 0.3) is 71.9 Å². The van der Waals surface area contributed by atoms with Crippen LogP contribution in [-0.2, 0) is 0 Å². The van der Waals surface area contributed by atoms with E-state index in [0.717, 1.165) is 44.4 Å². The van der Waals surface area contributed by atoms with E-state index < -0.39 is 0 Å². The molecule has 8 rings (SSSR count). The van der Waals surface area contributed by atoms with E-state index in [4.69, 9.17) is 9.40 Å². The van der Waals surface area contributed by atoms with Crippen molar-refractivity contribution in [3.05, 3.63) is 132 Å². The molecule has 0 saturated heterocycles. The summed E-state index contributed by atoms with van der Waals surface area (Å²) in [5.41, 5.74) is 11.3. The molecule has 0 atom stereocenters. The topological polar surface area (TPSA) is 31.0 Å². The summed E-state index contributed by atoms with van der Waals surface area (Å²) in [6, 6.07) is 43.4. The molecule has 3 heteroatoms. The minimum atomic E-state index is 0.314. The maximum atomic E-state index is 6.35. The van der Waals surface area contributed by atoms with Crippen molar-refractivity contribution < 1.29 is 4.42 Å². The van der Waals surface area contributed by atoms with E-state index in [2.05, 4.69) is 154 Å². The maximum Gasteiger partial charge on any atom is 0.145 e. The number of hydrogen-bond donors (Lipinski definition) is 0. The first kappa shape index (κ1) is 26.5. The number of hydrogen-bond acceptors (Lipinski definition) is 2. The Hall–Kier alpha value is -5.15. The van der Waals surface area contributed by atoms with Gasteiger partial charge in [0.1, 0.15) is 17.0 Å². The van der Waals surface area contributed by atoms with Crippen molar-refractivity contribution in [3.8, 4) is 28.2 Å².